The molecule has 4 aliphatic carbocycles. The SMILES string of the molecule is CC(=O)O[C@H](C)[C@H]1CC[C@]23O[C@]2(CC[C@H]2[C@H]3CCC3=CC(=O)CC[C@@]32C)C1. The maximum absolute atomic E-state index is 12.0. The number of carbonyl (C=O) groups excluding carboxylic acids is 2. The minimum atomic E-state index is -0.177. The van der Waals surface area contributed by atoms with Crippen molar-refractivity contribution in [2.24, 2.45) is 23.2 Å². The number of epoxide rings is 1. The van der Waals surface area contributed by atoms with Crippen molar-refractivity contribution < 1.29 is 19.1 Å². The van der Waals surface area contributed by atoms with E-state index in [9.17, 15) is 9.59 Å². The van der Waals surface area contributed by atoms with Gasteiger partial charge in [-0.15, -0.1) is 0 Å². The first-order valence-electron chi connectivity index (χ1n) is 10.9. The van der Waals surface area contributed by atoms with Gasteiger partial charge in [-0.25, -0.2) is 0 Å². The summed E-state index contributed by atoms with van der Waals surface area (Å²) in [7, 11) is 0. The monoisotopic (exact) mass is 372 g/mol. The van der Waals surface area contributed by atoms with E-state index in [1.54, 1.807) is 0 Å². The molecule has 0 amide bonds. The molecule has 0 spiro atoms. The highest BCUT2D eigenvalue weighted by Crippen LogP contribution is 2.73. The van der Waals surface area contributed by atoms with E-state index in [0.29, 0.717) is 30.0 Å². The van der Waals surface area contributed by atoms with E-state index in [0.717, 1.165) is 38.5 Å². The highest BCUT2D eigenvalue weighted by atomic mass is 16.6. The summed E-state index contributed by atoms with van der Waals surface area (Å²) in [6.07, 6.45) is 11.5. The average molecular weight is 373 g/mol. The van der Waals surface area contributed by atoms with Crippen LogP contribution >= 0.6 is 0 Å². The molecule has 0 radical (unpaired) electrons. The number of hydrogen-bond donors (Lipinski definition) is 0. The molecule has 1 heterocycles. The van der Waals surface area contributed by atoms with Gasteiger partial charge < -0.3 is 9.47 Å². The Morgan fingerprint density at radius 3 is 2.78 bits per heavy atom. The van der Waals surface area contributed by atoms with Crippen molar-refractivity contribution in [3.63, 3.8) is 0 Å². The molecule has 0 bridgehead atoms. The highest BCUT2D eigenvalue weighted by Gasteiger charge is 2.78. The summed E-state index contributed by atoms with van der Waals surface area (Å²) in [5.41, 5.74) is 1.72. The Morgan fingerprint density at radius 1 is 1.19 bits per heavy atom. The Bertz CT molecular complexity index is 726. The number of carbonyl (C=O) groups is 2. The van der Waals surface area contributed by atoms with Gasteiger partial charge in [0.15, 0.2) is 5.78 Å². The largest absolute Gasteiger partial charge is 0.463 e. The minimum Gasteiger partial charge on any atom is -0.463 e. The van der Waals surface area contributed by atoms with Crippen LogP contribution in [0.1, 0.15) is 78.6 Å². The molecule has 1 saturated heterocycles. The summed E-state index contributed by atoms with van der Waals surface area (Å²) in [6, 6.07) is 0. The lowest BCUT2D eigenvalue weighted by Gasteiger charge is -2.55. The van der Waals surface area contributed by atoms with E-state index in [-0.39, 0.29) is 28.7 Å². The Kier molecular flexibility index (Phi) is 3.77. The molecule has 5 aliphatic rings. The van der Waals surface area contributed by atoms with Crippen molar-refractivity contribution in [3.8, 4) is 0 Å². The standard InChI is InChI=1S/C23H32O4/c1-14(26-15(2)24)16-6-11-23-20-5-4-17-12-18(25)7-9-21(17,3)19(20)8-10-22(23,13-16)27-23/h12,14,16,19-20H,4-11,13H2,1-3H3/t14-,16+,19+,20-,21+,22-,23-/m1/s1. The first-order valence-corrected chi connectivity index (χ1v) is 10.9. The molecule has 4 nitrogen and oxygen atoms in total. The van der Waals surface area contributed by atoms with Crippen LogP contribution in [0.2, 0.25) is 0 Å². The van der Waals surface area contributed by atoms with Crippen LogP contribution in [0.5, 0.6) is 0 Å². The van der Waals surface area contributed by atoms with Crippen molar-refractivity contribution in [2.45, 2.75) is 95.9 Å². The predicted molar refractivity (Wildman–Crippen MR) is 101 cm³/mol. The quantitative estimate of drug-likeness (QED) is 0.534. The fourth-order valence-corrected chi connectivity index (χ4v) is 7.64. The summed E-state index contributed by atoms with van der Waals surface area (Å²) in [5, 5.41) is 0. The summed E-state index contributed by atoms with van der Waals surface area (Å²) >= 11 is 0. The Morgan fingerprint density at radius 2 is 2.00 bits per heavy atom. The van der Waals surface area contributed by atoms with Gasteiger partial charge in [-0.1, -0.05) is 12.5 Å². The Balaban J connectivity index is 1.38. The summed E-state index contributed by atoms with van der Waals surface area (Å²) in [5.74, 6) is 1.86. The zero-order valence-electron chi connectivity index (χ0n) is 16.9. The highest BCUT2D eigenvalue weighted by molar-refractivity contribution is 5.91. The van der Waals surface area contributed by atoms with E-state index in [2.05, 4.69) is 6.92 Å². The van der Waals surface area contributed by atoms with Gasteiger partial charge in [0.25, 0.3) is 0 Å². The second kappa shape index (κ2) is 5.68. The van der Waals surface area contributed by atoms with E-state index in [1.165, 1.54) is 25.3 Å². The van der Waals surface area contributed by atoms with Gasteiger partial charge in [0.05, 0.1) is 5.60 Å². The molecule has 0 aromatic carbocycles. The lowest BCUT2D eigenvalue weighted by Crippen LogP contribution is -2.54. The van der Waals surface area contributed by atoms with Crippen LogP contribution in [0.3, 0.4) is 0 Å². The third-order valence-corrected chi connectivity index (χ3v) is 9.05. The second-order valence-electron chi connectivity index (χ2n) is 10.1. The van der Waals surface area contributed by atoms with Crippen molar-refractivity contribution in [2.75, 3.05) is 0 Å². The molecule has 4 heteroatoms. The summed E-state index contributed by atoms with van der Waals surface area (Å²) in [6.45, 7) is 5.97. The molecule has 7 atom stereocenters. The molecule has 0 aromatic heterocycles. The zero-order chi connectivity index (χ0) is 19.0. The fourth-order valence-electron chi connectivity index (χ4n) is 7.64. The van der Waals surface area contributed by atoms with Gasteiger partial charge in [0, 0.05) is 13.3 Å². The topological polar surface area (TPSA) is 55.9 Å². The number of ketones is 1. The van der Waals surface area contributed by atoms with Crippen molar-refractivity contribution in [1.82, 2.24) is 0 Å². The van der Waals surface area contributed by atoms with E-state index in [1.807, 2.05) is 13.0 Å². The van der Waals surface area contributed by atoms with Gasteiger partial charge in [0.2, 0.25) is 0 Å². The molecule has 3 saturated carbocycles. The number of hydrogen-bond acceptors (Lipinski definition) is 4. The van der Waals surface area contributed by atoms with Crippen LogP contribution in [-0.2, 0) is 19.1 Å². The number of allylic oxidation sites excluding steroid dienone is 2. The van der Waals surface area contributed by atoms with Gasteiger partial charge in [-0.2, -0.15) is 0 Å². The molecule has 0 aromatic rings. The van der Waals surface area contributed by atoms with Gasteiger partial charge in [-0.3, -0.25) is 9.59 Å². The van der Waals surface area contributed by atoms with E-state index >= 15 is 0 Å². The maximum Gasteiger partial charge on any atom is 0.302 e. The fraction of sp³-hybridized carbons (Fsp3) is 0.826. The molecule has 148 valence electrons. The van der Waals surface area contributed by atoms with Crippen LogP contribution in [-0.4, -0.2) is 29.1 Å². The number of rotatable bonds is 2. The zero-order valence-corrected chi connectivity index (χ0v) is 16.9. The van der Waals surface area contributed by atoms with Gasteiger partial charge in [-0.05, 0) is 87.5 Å². The average Bonchev–Trinajstić information content (AvgIpc) is 3.31. The first-order chi connectivity index (χ1) is 12.8. The Labute approximate surface area is 162 Å². The molecule has 4 fully saturated rings. The van der Waals surface area contributed by atoms with Crippen molar-refractivity contribution in [1.29, 1.82) is 0 Å². The molecular weight excluding hydrogens is 340 g/mol. The predicted octanol–water partition coefficient (Wildman–Crippen LogP) is 4.36. The molecular formula is C23H32O4. The second-order valence-corrected chi connectivity index (χ2v) is 10.1. The van der Waals surface area contributed by atoms with Crippen LogP contribution in [0.4, 0.5) is 0 Å². The first kappa shape index (κ1) is 17.9. The number of esters is 1. The van der Waals surface area contributed by atoms with Crippen molar-refractivity contribution in [3.05, 3.63) is 11.6 Å². The van der Waals surface area contributed by atoms with Crippen LogP contribution in [0.15, 0.2) is 11.6 Å². The van der Waals surface area contributed by atoms with Crippen LogP contribution in [0, 0.1) is 23.2 Å². The summed E-state index contributed by atoms with van der Waals surface area (Å²) < 4.78 is 12.2. The van der Waals surface area contributed by atoms with E-state index in [4.69, 9.17) is 9.47 Å². The lowest BCUT2D eigenvalue weighted by atomic mass is 9.47. The molecule has 27 heavy (non-hydrogen) atoms. The molecule has 5 rings (SSSR count). The van der Waals surface area contributed by atoms with Crippen LogP contribution < -0.4 is 0 Å². The van der Waals surface area contributed by atoms with E-state index < -0.39 is 0 Å². The smallest absolute Gasteiger partial charge is 0.302 e. The third-order valence-electron chi connectivity index (χ3n) is 9.05. The van der Waals surface area contributed by atoms with Gasteiger partial charge >= 0.3 is 5.97 Å². The molecule has 0 unspecified atom stereocenters. The lowest BCUT2D eigenvalue weighted by molar-refractivity contribution is -0.149. The maximum atomic E-state index is 12.0. The number of ether oxygens (including phenoxy) is 2. The number of fused-ring (bicyclic) bond motifs is 3. The summed E-state index contributed by atoms with van der Waals surface area (Å²) in [4.78, 5) is 23.3. The van der Waals surface area contributed by atoms with Crippen LogP contribution in [0.25, 0.3) is 0 Å². The third kappa shape index (κ3) is 2.38. The minimum absolute atomic E-state index is 0.0143. The van der Waals surface area contributed by atoms with Gasteiger partial charge in [0.1, 0.15) is 11.7 Å². The molecule has 1 aliphatic heterocycles. The van der Waals surface area contributed by atoms with Crippen molar-refractivity contribution >= 4 is 11.8 Å². The Hall–Kier alpha value is -1.16. The molecule has 0 N–H and O–H groups in total. The normalized spacial score (nSPS) is 48.9.